The van der Waals surface area contributed by atoms with Gasteiger partial charge in [-0.3, -0.25) is 14.0 Å². The van der Waals surface area contributed by atoms with Crippen molar-refractivity contribution in [1.29, 1.82) is 10.5 Å². The summed E-state index contributed by atoms with van der Waals surface area (Å²) in [6.45, 7) is 5.49. The van der Waals surface area contributed by atoms with Crippen LogP contribution in [0.15, 0.2) is 61.2 Å². The van der Waals surface area contributed by atoms with Gasteiger partial charge >= 0.3 is 7.82 Å². The van der Waals surface area contributed by atoms with E-state index in [1.165, 1.54) is 113 Å². The Morgan fingerprint density at radius 2 is 1.56 bits per heavy atom. The van der Waals surface area contributed by atoms with E-state index in [9.17, 15) is 15.1 Å². The summed E-state index contributed by atoms with van der Waals surface area (Å²) in [6, 6.07) is 15.7. The highest BCUT2D eigenvalue weighted by atomic mass is 35.5. The van der Waals surface area contributed by atoms with Crippen LogP contribution in [0.25, 0.3) is 5.52 Å². The maximum atomic E-state index is 14.8. The standard InChI is InChI=1S/C48H65ClN7O9P/c1-4-5-6-7-8-9-10-11-12-13-14-15-16-17-18-21-26-58-31-38(61-37-27-36(28-50)29-53-30-37)32-59-66(57,65-41-23-20-19-22-39(41)49)60-33-42-44-45(64-47(2,3)63-44)48(34-51,62-42)43-25-24-40-46(52)54-35-55-56(40)43/h19-20,22-25,27,29-30,35,38,42,44-45H,4-18,21,26,31-33H2,1-3H3,(H2,52,54,55)/t38-,42-,44-,45-,48+,66?/m1/s1. The molecular weight excluding hydrogens is 885 g/mol. The lowest BCUT2D eigenvalue weighted by molar-refractivity contribution is -0.204. The summed E-state index contributed by atoms with van der Waals surface area (Å²) >= 11 is 6.47. The molecule has 0 radical (unpaired) electrons. The lowest BCUT2D eigenvalue weighted by Crippen LogP contribution is -2.40. The average Bonchev–Trinajstić information content (AvgIpc) is 3.98. The maximum absolute atomic E-state index is 14.8. The van der Waals surface area contributed by atoms with Crippen molar-refractivity contribution in [1.82, 2.24) is 19.6 Å². The summed E-state index contributed by atoms with van der Waals surface area (Å²) in [4.78, 5) is 8.17. The molecule has 0 bridgehead atoms. The highest BCUT2D eigenvalue weighted by Gasteiger charge is 2.65. The topological polar surface area (TPSA) is 208 Å². The number of benzene rings is 1. The molecule has 1 aromatic carbocycles. The molecule has 2 aliphatic heterocycles. The molecule has 2 aliphatic rings. The van der Waals surface area contributed by atoms with Gasteiger partial charge in [0, 0.05) is 18.9 Å². The molecule has 66 heavy (non-hydrogen) atoms. The number of unbranched alkanes of at least 4 members (excludes halogenated alkanes) is 15. The van der Waals surface area contributed by atoms with Crippen LogP contribution in [0.1, 0.15) is 135 Å². The summed E-state index contributed by atoms with van der Waals surface area (Å²) < 4.78 is 65.7. The summed E-state index contributed by atoms with van der Waals surface area (Å²) in [7, 11) is -4.59. The number of nitrogens with two attached hydrogens (primary N) is 1. The minimum absolute atomic E-state index is 0.0423. The first-order chi connectivity index (χ1) is 32.0. The number of nitrogen functional groups attached to an aromatic ring is 1. The summed E-state index contributed by atoms with van der Waals surface area (Å²) in [5, 5.41) is 24.8. The SMILES string of the molecule is CCCCCCCCCCCCCCCCCCOC[C@H](COP(=O)(OC[C@H]1O[C@@](C#N)(c2ccc3c(N)ncnn23)[C@@H]2OC(C)(C)O[C@@H]21)Oc1ccccc1Cl)Oc1cncc(C#N)c1. The van der Waals surface area contributed by atoms with E-state index in [-0.39, 0.29) is 29.8 Å². The van der Waals surface area contributed by atoms with Crippen LogP contribution in [0.4, 0.5) is 5.82 Å². The van der Waals surface area contributed by atoms with Gasteiger partial charge in [-0.05, 0) is 44.5 Å². The van der Waals surface area contributed by atoms with Crippen LogP contribution in [-0.2, 0) is 38.2 Å². The third kappa shape index (κ3) is 14.1. The Morgan fingerprint density at radius 1 is 0.879 bits per heavy atom. The number of nitrogens with zero attached hydrogens (tertiary/aromatic N) is 6. The Labute approximate surface area is 393 Å². The van der Waals surface area contributed by atoms with Gasteiger partial charge in [0.15, 0.2) is 11.6 Å². The van der Waals surface area contributed by atoms with Gasteiger partial charge in [-0.1, -0.05) is 127 Å². The molecule has 18 heteroatoms. The quantitative estimate of drug-likeness (QED) is 0.0381. The Bertz CT molecular complexity index is 2270. The fraction of sp³-hybridized carbons (Fsp3) is 0.604. The molecular formula is C48H65ClN7O9P. The van der Waals surface area contributed by atoms with E-state index in [2.05, 4.69) is 34.1 Å². The fourth-order valence-corrected chi connectivity index (χ4v) is 9.84. The number of aromatic nitrogens is 4. The molecule has 2 N–H and O–H groups in total. The minimum Gasteiger partial charge on any atom is -0.484 e. The number of phosphoric acid groups is 1. The predicted molar refractivity (Wildman–Crippen MR) is 249 cm³/mol. The van der Waals surface area contributed by atoms with E-state index < -0.39 is 50.2 Å². The van der Waals surface area contributed by atoms with E-state index in [4.69, 9.17) is 54.6 Å². The number of phosphoric ester groups is 1. The molecule has 358 valence electrons. The lowest BCUT2D eigenvalue weighted by Gasteiger charge is -2.29. The Hall–Kier alpha value is -4.35. The molecule has 3 aromatic heterocycles. The van der Waals surface area contributed by atoms with E-state index in [0.717, 1.165) is 19.3 Å². The molecule has 1 unspecified atom stereocenters. The third-order valence-corrected chi connectivity index (χ3v) is 13.4. The molecule has 2 saturated heterocycles. The first kappa shape index (κ1) is 51.0. The normalized spacial score (nSPS) is 21.2. The number of fused-ring (bicyclic) bond motifs is 2. The zero-order chi connectivity index (χ0) is 46.8. The summed E-state index contributed by atoms with van der Waals surface area (Å²) in [5.74, 6) is -0.579. The van der Waals surface area contributed by atoms with Crippen LogP contribution in [0.3, 0.4) is 0 Å². The van der Waals surface area contributed by atoms with Crippen LogP contribution in [0.2, 0.25) is 5.02 Å². The first-order valence-electron chi connectivity index (χ1n) is 23.5. The molecule has 6 rings (SSSR count). The van der Waals surface area contributed by atoms with Gasteiger partial charge in [0.2, 0.25) is 5.60 Å². The van der Waals surface area contributed by atoms with E-state index in [1.54, 1.807) is 50.2 Å². The first-order valence-corrected chi connectivity index (χ1v) is 25.3. The zero-order valence-corrected chi connectivity index (χ0v) is 40.1. The fourth-order valence-electron chi connectivity index (χ4n) is 8.35. The van der Waals surface area contributed by atoms with Crippen molar-refractivity contribution in [3.8, 4) is 23.6 Å². The second kappa shape index (κ2) is 25.1. The number of para-hydroxylation sites is 1. The molecule has 0 spiro atoms. The highest BCUT2D eigenvalue weighted by molar-refractivity contribution is 7.48. The number of halogens is 1. The Balaban J connectivity index is 1.06. The van der Waals surface area contributed by atoms with Crippen LogP contribution >= 0.6 is 19.4 Å². The molecule has 0 saturated carbocycles. The maximum Gasteiger partial charge on any atom is 0.530 e. The molecule has 0 amide bonds. The van der Waals surface area contributed by atoms with Crippen LogP contribution < -0.4 is 15.0 Å². The van der Waals surface area contributed by atoms with E-state index in [0.29, 0.717) is 29.1 Å². The third-order valence-electron chi connectivity index (χ3n) is 11.7. The molecule has 0 aliphatic carbocycles. The van der Waals surface area contributed by atoms with Crippen molar-refractivity contribution >= 4 is 30.8 Å². The number of nitriles is 2. The Morgan fingerprint density at radius 3 is 2.23 bits per heavy atom. The van der Waals surface area contributed by atoms with Crippen molar-refractivity contribution in [2.24, 2.45) is 0 Å². The van der Waals surface area contributed by atoms with Crippen LogP contribution in [0.5, 0.6) is 11.5 Å². The zero-order valence-electron chi connectivity index (χ0n) is 38.5. The van der Waals surface area contributed by atoms with Crippen LogP contribution in [-0.4, -0.2) is 76.2 Å². The van der Waals surface area contributed by atoms with Crippen molar-refractivity contribution < 1.29 is 41.8 Å². The van der Waals surface area contributed by atoms with Crippen molar-refractivity contribution in [2.75, 3.05) is 32.2 Å². The smallest absolute Gasteiger partial charge is 0.484 e. The minimum atomic E-state index is -4.59. The molecule has 2 fully saturated rings. The van der Waals surface area contributed by atoms with Crippen molar-refractivity contribution in [2.45, 2.75) is 159 Å². The molecule has 5 heterocycles. The molecule has 4 aromatic rings. The van der Waals surface area contributed by atoms with E-state index in [1.807, 2.05) is 0 Å². The average molecular weight is 951 g/mol. The second-order valence-electron chi connectivity index (χ2n) is 17.4. The highest BCUT2D eigenvalue weighted by Crippen LogP contribution is 2.54. The van der Waals surface area contributed by atoms with Gasteiger partial charge in [-0.25, -0.2) is 14.1 Å². The number of ether oxygens (including phenoxy) is 5. The summed E-state index contributed by atoms with van der Waals surface area (Å²) in [5.41, 5.74) is 5.45. The van der Waals surface area contributed by atoms with Gasteiger partial charge in [-0.15, -0.1) is 0 Å². The van der Waals surface area contributed by atoms with Gasteiger partial charge in [0.25, 0.3) is 0 Å². The number of anilines is 1. The van der Waals surface area contributed by atoms with Crippen molar-refractivity contribution in [3.05, 3.63) is 77.5 Å². The molecule has 16 nitrogen and oxygen atoms in total. The van der Waals surface area contributed by atoms with Crippen LogP contribution in [0, 0.1) is 22.7 Å². The number of hydrogen-bond donors (Lipinski definition) is 1. The predicted octanol–water partition coefficient (Wildman–Crippen LogP) is 10.8. The van der Waals surface area contributed by atoms with Gasteiger partial charge in [0.1, 0.15) is 59.9 Å². The summed E-state index contributed by atoms with van der Waals surface area (Å²) in [6.07, 6.45) is 20.8. The van der Waals surface area contributed by atoms with E-state index >= 15 is 0 Å². The Kier molecular flexibility index (Phi) is 19.4. The second-order valence-corrected chi connectivity index (χ2v) is 19.4. The monoisotopic (exact) mass is 949 g/mol. The largest absolute Gasteiger partial charge is 0.530 e. The molecule has 6 atom stereocenters. The van der Waals surface area contributed by atoms with Gasteiger partial charge < -0.3 is 33.9 Å². The van der Waals surface area contributed by atoms with Crippen molar-refractivity contribution in [3.63, 3.8) is 0 Å². The van der Waals surface area contributed by atoms with Gasteiger partial charge in [0.05, 0.1) is 42.3 Å². The van der Waals surface area contributed by atoms with Gasteiger partial charge in [-0.2, -0.15) is 15.6 Å². The number of rotatable bonds is 30. The lowest BCUT2D eigenvalue weighted by atomic mass is 9.92. The number of hydrogen-bond acceptors (Lipinski definition) is 15. The number of pyridine rings is 1.